The summed E-state index contributed by atoms with van der Waals surface area (Å²) in [7, 11) is 0. The number of piperazine rings is 1. The van der Waals surface area contributed by atoms with Crippen LogP contribution in [0.1, 0.15) is 30.5 Å². The molecule has 1 aromatic carbocycles. The Labute approximate surface area is 149 Å². The molecule has 0 aliphatic carbocycles. The van der Waals surface area contributed by atoms with Crippen molar-refractivity contribution in [2.24, 2.45) is 0 Å². The van der Waals surface area contributed by atoms with Crippen LogP contribution in [0, 0.1) is 6.92 Å². The summed E-state index contributed by atoms with van der Waals surface area (Å²) in [5.41, 5.74) is 3.93. The van der Waals surface area contributed by atoms with E-state index in [-0.39, 0.29) is 24.8 Å². The van der Waals surface area contributed by atoms with Crippen molar-refractivity contribution < 1.29 is 0 Å². The normalized spacial score (nSPS) is 16.5. The number of benzene rings is 1. The number of nitrogens with zero attached hydrogens (tertiary/aromatic N) is 1. The summed E-state index contributed by atoms with van der Waals surface area (Å²) < 4.78 is 1.22. The monoisotopic (exact) mass is 394 g/mol. The number of rotatable bonds is 4. The molecule has 0 unspecified atom stereocenters. The van der Waals surface area contributed by atoms with Crippen LogP contribution >= 0.6 is 40.7 Å². The van der Waals surface area contributed by atoms with Crippen molar-refractivity contribution in [2.75, 3.05) is 26.2 Å². The highest BCUT2D eigenvalue weighted by Crippen LogP contribution is 2.33. The SMILES string of the molecule is C=C(C)C[C@H](c1ccc(C)cc1Br)N1CCNCC1.Cl.Cl. The van der Waals surface area contributed by atoms with E-state index in [1.54, 1.807) is 0 Å². The van der Waals surface area contributed by atoms with Gasteiger partial charge in [0, 0.05) is 36.7 Å². The van der Waals surface area contributed by atoms with Gasteiger partial charge in [-0.05, 0) is 37.5 Å². The van der Waals surface area contributed by atoms with Crippen molar-refractivity contribution in [2.45, 2.75) is 26.3 Å². The van der Waals surface area contributed by atoms with E-state index in [2.05, 4.69) is 64.8 Å². The summed E-state index contributed by atoms with van der Waals surface area (Å²) in [6.07, 6.45) is 1.03. The van der Waals surface area contributed by atoms with Crippen LogP contribution in [0.15, 0.2) is 34.8 Å². The Morgan fingerprint density at radius 3 is 2.48 bits per heavy atom. The average Bonchev–Trinajstić information content (AvgIpc) is 2.37. The fourth-order valence-corrected chi connectivity index (χ4v) is 3.42. The molecule has 1 aliphatic heterocycles. The molecule has 0 saturated carbocycles. The lowest BCUT2D eigenvalue weighted by Crippen LogP contribution is -2.45. The molecule has 0 spiro atoms. The van der Waals surface area contributed by atoms with Gasteiger partial charge in [0.15, 0.2) is 0 Å². The molecule has 1 fully saturated rings. The Kier molecular flexibility index (Phi) is 9.83. The molecule has 1 aliphatic rings. The highest BCUT2D eigenvalue weighted by Gasteiger charge is 2.23. The van der Waals surface area contributed by atoms with Crippen LogP contribution in [-0.2, 0) is 0 Å². The Bertz CT molecular complexity index is 460. The van der Waals surface area contributed by atoms with Gasteiger partial charge in [0.2, 0.25) is 0 Å². The van der Waals surface area contributed by atoms with E-state index in [0.29, 0.717) is 6.04 Å². The lowest BCUT2D eigenvalue weighted by Gasteiger charge is -2.36. The third-order valence-corrected chi connectivity index (χ3v) is 4.34. The minimum absolute atomic E-state index is 0. The molecule has 0 radical (unpaired) electrons. The second-order valence-corrected chi connectivity index (χ2v) is 6.34. The van der Waals surface area contributed by atoms with Gasteiger partial charge in [-0.15, -0.1) is 31.4 Å². The molecule has 1 heterocycles. The first-order valence-corrected chi connectivity index (χ1v) is 7.72. The lowest BCUT2D eigenvalue weighted by molar-refractivity contribution is 0.172. The van der Waals surface area contributed by atoms with Gasteiger partial charge in [0.25, 0.3) is 0 Å². The highest BCUT2D eigenvalue weighted by molar-refractivity contribution is 9.10. The lowest BCUT2D eigenvalue weighted by atomic mass is 9.97. The summed E-state index contributed by atoms with van der Waals surface area (Å²) in [4.78, 5) is 2.57. The second kappa shape index (κ2) is 9.86. The van der Waals surface area contributed by atoms with Gasteiger partial charge in [-0.1, -0.05) is 33.6 Å². The Hall–Kier alpha value is -0.0600. The van der Waals surface area contributed by atoms with Gasteiger partial charge < -0.3 is 5.32 Å². The highest BCUT2D eigenvalue weighted by atomic mass is 79.9. The number of aryl methyl sites for hydroxylation is 1. The molecule has 2 nitrogen and oxygen atoms in total. The van der Waals surface area contributed by atoms with Crippen LogP contribution in [0.2, 0.25) is 0 Å². The van der Waals surface area contributed by atoms with Crippen molar-refractivity contribution in [3.05, 3.63) is 46.0 Å². The minimum atomic E-state index is 0. The summed E-state index contributed by atoms with van der Waals surface area (Å²) >= 11 is 3.73. The first kappa shape index (κ1) is 20.9. The van der Waals surface area contributed by atoms with Crippen molar-refractivity contribution >= 4 is 40.7 Å². The molecule has 1 N–H and O–H groups in total. The van der Waals surface area contributed by atoms with Gasteiger partial charge in [0.05, 0.1) is 0 Å². The largest absolute Gasteiger partial charge is 0.314 e. The zero-order chi connectivity index (χ0) is 13.8. The van der Waals surface area contributed by atoms with Crippen LogP contribution in [0.4, 0.5) is 0 Å². The molecule has 0 bridgehead atoms. The molecule has 1 saturated heterocycles. The van der Waals surface area contributed by atoms with Gasteiger partial charge in [0.1, 0.15) is 0 Å². The van der Waals surface area contributed by atoms with Crippen molar-refractivity contribution in [1.82, 2.24) is 10.2 Å². The Morgan fingerprint density at radius 1 is 1.33 bits per heavy atom. The maximum atomic E-state index is 4.10. The van der Waals surface area contributed by atoms with Crippen molar-refractivity contribution in [3.8, 4) is 0 Å². The average molecular weight is 396 g/mol. The minimum Gasteiger partial charge on any atom is -0.314 e. The Balaban J connectivity index is 0.00000200. The number of halogens is 3. The summed E-state index contributed by atoms with van der Waals surface area (Å²) in [6.45, 7) is 12.7. The molecule has 21 heavy (non-hydrogen) atoms. The van der Waals surface area contributed by atoms with Crippen molar-refractivity contribution in [3.63, 3.8) is 0 Å². The summed E-state index contributed by atoms with van der Waals surface area (Å²) in [5, 5.41) is 3.42. The summed E-state index contributed by atoms with van der Waals surface area (Å²) in [5.74, 6) is 0. The Morgan fingerprint density at radius 2 is 1.95 bits per heavy atom. The topological polar surface area (TPSA) is 15.3 Å². The van der Waals surface area contributed by atoms with E-state index in [1.165, 1.54) is 21.2 Å². The quantitative estimate of drug-likeness (QED) is 0.754. The second-order valence-electron chi connectivity index (χ2n) is 5.49. The molecule has 0 amide bonds. The third kappa shape index (κ3) is 5.91. The first-order chi connectivity index (χ1) is 9.08. The van der Waals surface area contributed by atoms with Gasteiger partial charge >= 0.3 is 0 Å². The van der Waals surface area contributed by atoms with Crippen molar-refractivity contribution in [1.29, 1.82) is 0 Å². The molecular formula is C16H25BrCl2N2. The van der Waals surface area contributed by atoms with E-state index in [9.17, 15) is 0 Å². The smallest absolute Gasteiger partial charge is 0.0397 e. The van der Waals surface area contributed by atoms with Crippen LogP contribution < -0.4 is 5.32 Å². The first-order valence-electron chi connectivity index (χ1n) is 6.93. The summed E-state index contributed by atoms with van der Waals surface area (Å²) in [6, 6.07) is 7.11. The predicted octanol–water partition coefficient (Wildman–Crippen LogP) is 4.51. The van der Waals surface area contributed by atoms with E-state index in [0.717, 1.165) is 32.6 Å². The van der Waals surface area contributed by atoms with E-state index in [4.69, 9.17) is 0 Å². The van der Waals surface area contributed by atoms with Gasteiger partial charge in [-0.2, -0.15) is 0 Å². The standard InChI is InChI=1S/C16H23BrN2.2ClH/c1-12(2)10-16(19-8-6-18-7-9-19)14-5-4-13(3)11-15(14)17;;/h4-5,11,16,18H,1,6-10H2,2-3H3;2*1H/t16-;;/m1../s1. The maximum absolute atomic E-state index is 4.10. The van der Waals surface area contributed by atoms with Crippen LogP contribution in [0.25, 0.3) is 0 Å². The zero-order valence-corrected chi connectivity index (χ0v) is 15.9. The molecule has 1 atom stereocenters. The molecule has 0 aromatic heterocycles. The van der Waals surface area contributed by atoms with E-state index < -0.39 is 0 Å². The van der Waals surface area contributed by atoms with Crippen LogP contribution in [-0.4, -0.2) is 31.1 Å². The number of nitrogens with one attached hydrogen (secondary N) is 1. The van der Waals surface area contributed by atoms with Crippen LogP contribution in [0.5, 0.6) is 0 Å². The van der Waals surface area contributed by atoms with Crippen LogP contribution in [0.3, 0.4) is 0 Å². The predicted molar refractivity (Wildman–Crippen MR) is 100.0 cm³/mol. The molecule has 2 rings (SSSR count). The molecule has 1 aromatic rings. The number of hydrogen-bond donors (Lipinski definition) is 1. The maximum Gasteiger partial charge on any atom is 0.0397 e. The van der Waals surface area contributed by atoms with E-state index in [1.807, 2.05) is 0 Å². The molecule has 120 valence electrons. The van der Waals surface area contributed by atoms with E-state index >= 15 is 0 Å². The van der Waals surface area contributed by atoms with Gasteiger partial charge in [-0.3, -0.25) is 4.90 Å². The fourth-order valence-electron chi connectivity index (χ4n) is 2.66. The van der Waals surface area contributed by atoms with Gasteiger partial charge in [-0.25, -0.2) is 0 Å². The fraction of sp³-hybridized carbons (Fsp3) is 0.500. The third-order valence-electron chi connectivity index (χ3n) is 3.65. The zero-order valence-electron chi connectivity index (χ0n) is 12.7. The number of hydrogen-bond acceptors (Lipinski definition) is 2. The molecular weight excluding hydrogens is 371 g/mol. The molecule has 5 heteroatoms.